The SMILES string of the molecule is O=C(NCCC(=O)N1CCN(C(=O)c2ccc(F)c(F)c2)CC1)c1ccc2ccccc2c1. The number of fused-ring (bicyclic) bond motifs is 1. The third-order valence-corrected chi connectivity index (χ3v) is 5.72. The lowest BCUT2D eigenvalue weighted by Gasteiger charge is -2.35. The molecule has 0 aliphatic carbocycles. The Hall–Kier alpha value is -3.81. The summed E-state index contributed by atoms with van der Waals surface area (Å²) in [5.74, 6) is -2.83. The fourth-order valence-electron chi connectivity index (χ4n) is 3.84. The van der Waals surface area contributed by atoms with Crippen molar-refractivity contribution >= 4 is 28.5 Å². The van der Waals surface area contributed by atoms with Gasteiger partial charge in [-0.3, -0.25) is 14.4 Å². The molecule has 0 bridgehead atoms. The fourth-order valence-corrected chi connectivity index (χ4v) is 3.84. The summed E-state index contributed by atoms with van der Waals surface area (Å²) in [7, 11) is 0. The molecule has 3 amide bonds. The molecular weight excluding hydrogens is 428 g/mol. The van der Waals surface area contributed by atoms with Crippen LogP contribution in [0.4, 0.5) is 8.78 Å². The highest BCUT2D eigenvalue weighted by molar-refractivity contribution is 5.98. The van der Waals surface area contributed by atoms with Crippen LogP contribution >= 0.6 is 0 Å². The molecule has 4 rings (SSSR count). The number of nitrogens with zero attached hydrogens (tertiary/aromatic N) is 2. The molecule has 0 atom stereocenters. The first-order valence-electron chi connectivity index (χ1n) is 10.7. The summed E-state index contributed by atoms with van der Waals surface area (Å²) in [4.78, 5) is 40.6. The van der Waals surface area contributed by atoms with E-state index >= 15 is 0 Å². The first-order chi connectivity index (χ1) is 15.9. The maximum Gasteiger partial charge on any atom is 0.254 e. The van der Waals surface area contributed by atoms with E-state index in [2.05, 4.69) is 5.32 Å². The topological polar surface area (TPSA) is 69.7 Å². The third kappa shape index (κ3) is 5.16. The largest absolute Gasteiger partial charge is 0.352 e. The summed E-state index contributed by atoms with van der Waals surface area (Å²) in [5, 5.41) is 4.79. The van der Waals surface area contributed by atoms with E-state index in [4.69, 9.17) is 0 Å². The molecular formula is C25H23F2N3O3. The van der Waals surface area contributed by atoms with Crippen molar-refractivity contribution in [2.24, 2.45) is 0 Å². The van der Waals surface area contributed by atoms with E-state index < -0.39 is 17.5 Å². The second-order valence-electron chi connectivity index (χ2n) is 7.87. The molecule has 3 aromatic carbocycles. The van der Waals surface area contributed by atoms with Crippen LogP contribution in [0, 0.1) is 11.6 Å². The van der Waals surface area contributed by atoms with Crippen molar-refractivity contribution in [3.8, 4) is 0 Å². The van der Waals surface area contributed by atoms with Crippen LogP contribution in [0.2, 0.25) is 0 Å². The normalized spacial score (nSPS) is 13.8. The van der Waals surface area contributed by atoms with Crippen LogP contribution in [0.1, 0.15) is 27.1 Å². The average Bonchev–Trinajstić information content (AvgIpc) is 2.85. The maximum absolute atomic E-state index is 13.4. The number of hydrogen-bond acceptors (Lipinski definition) is 3. The molecule has 0 spiro atoms. The number of hydrogen-bond donors (Lipinski definition) is 1. The van der Waals surface area contributed by atoms with Crippen molar-refractivity contribution < 1.29 is 23.2 Å². The predicted molar refractivity (Wildman–Crippen MR) is 120 cm³/mol. The van der Waals surface area contributed by atoms with Gasteiger partial charge in [0.15, 0.2) is 11.6 Å². The number of piperazine rings is 1. The minimum Gasteiger partial charge on any atom is -0.352 e. The molecule has 1 heterocycles. The van der Waals surface area contributed by atoms with Gasteiger partial charge in [-0.1, -0.05) is 30.3 Å². The molecule has 0 saturated carbocycles. The van der Waals surface area contributed by atoms with E-state index in [0.717, 1.165) is 22.9 Å². The zero-order chi connectivity index (χ0) is 23.4. The van der Waals surface area contributed by atoms with Gasteiger partial charge < -0.3 is 15.1 Å². The maximum atomic E-state index is 13.4. The number of rotatable bonds is 5. The van der Waals surface area contributed by atoms with Gasteiger partial charge in [0.05, 0.1) is 0 Å². The Labute approximate surface area is 189 Å². The third-order valence-electron chi connectivity index (χ3n) is 5.72. The molecule has 0 unspecified atom stereocenters. The van der Waals surface area contributed by atoms with Crippen molar-refractivity contribution in [1.82, 2.24) is 15.1 Å². The van der Waals surface area contributed by atoms with E-state index in [9.17, 15) is 23.2 Å². The number of halogens is 2. The Kier molecular flexibility index (Phi) is 6.63. The lowest BCUT2D eigenvalue weighted by molar-refractivity contribution is -0.132. The summed E-state index contributed by atoms with van der Waals surface area (Å²) in [6.45, 7) is 1.48. The van der Waals surface area contributed by atoms with Crippen LogP contribution in [-0.4, -0.2) is 60.2 Å². The Morgan fingerprint density at radius 3 is 2.15 bits per heavy atom. The van der Waals surface area contributed by atoms with E-state index in [1.165, 1.54) is 11.0 Å². The van der Waals surface area contributed by atoms with Crippen LogP contribution in [-0.2, 0) is 4.79 Å². The van der Waals surface area contributed by atoms with Crippen molar-refractivity contribution in [3.05, 3.63) is 83.4 Å². The lowest BCUT2D eigenvalue weighted by atomic mass is 10.1. The van der Waals surface area contributed by atoms with Gasteiger partial charge in [-0.05, 0) is 41.1 Å². The van der Waals surface area contributed by atoms with Gasteiger partial charge in [0.1, 0.15) is 0 Å². The molecule has 170 valence electrons. The lowest BCUT2D eigenvalue weighted by Crippen LogP contribution is -2.51. The number of nitrogens with one attached hydrogen (secondary N) is 1. The van der Waals surface area contributed by atoms with Gasteiger partial charge in [-0.15, -0.1) is 0 Å². The number of benzene rings is 3. The first-order valence-corrected chi connectivity index (χ1v) is 10.7. The Morgan fingerprint density at radius 2 is 1.42 bits per heavy atom. The summed E-state index contributed by atoms with van der Waals surface area (Å²) < 4.78 is 26.5. The summed E-state index contributed by atoms with van der Waals surface area (Å²) in [6.07, 6.45) is 0.149. The van der Waals surface area contributed by atoms with Gasteiger partial charge in [-0.25, -0.2) is 8.78 Å². The molecule has 6 nitrogen and oxygen atoms in total. The molecule has 1 saturated heterocycles. The van der Waals surface area contributed by atoms with Gasteiger partial charge in [0.25, 0.3) is 11.8 Å². The number of carbonyl (C=O) groups excluding carboxylic acids is 3. The predicted octanol–water partition coefficient (Wildman–Crippen LogP) is 3.22. The highest BCUT2D eigenvalue weighted by Crippen LogP contribution is 2.16. The quantitative estimate of drug-likeness (QED) is 0.648. The highest BCUT2D eigenvalue weighted by Gasteiger charge is 2.25. The molecule has 3 aromatic rings. The Morgan fingerprint density at radius 1 is 0.758 bits per heavy atom. The zero-order valence-electron chi connectivity index (χ0n) is 17.9. The van der Waals surface area contributed by atoms with Gasteiger partial charge in [-0.2, -0.15) is 0 Å². The van der Waals surface area contributed by atoms with Crippen LogP contribution < -0.4 is 5.32 Å². The first kappa shape index (κ1) is 22.4. The molecule has 8 heteroatoms. The summed E-state index contributed by atoms with van der Waals surface area (Å²) >= 11 is 0. The Balaban J connectivity index is 1.24. The van der Waals surface area contributed by atoms with Crippen LogP contribution in [0.5, 0.6) is 0 Å². The van der Waals surface area contributed by atoms with E-state index in [1.54, 1.807) is 11.0 Å². The number of carbonyl (C=O) groups is 3. The molecule has 0 aromatic heterocycles. The second kappa shape index (κ2) is 9.77. The van der Waals surface area contributed by atoms with Gasteiger partial charge >= 0.3 is 0 Å². The standard InChI is InChI=1S/C25H23F2N3O3/c26-21-8-7-20(16-22(21)27)25(33)30-13-11-29(12-14-30)23(31)9-10-28-24(32)19-6-5-17-3-1-2-4-18(17)15-19/h1-8,15-16H,9-14H2,(H,28,32). The average molecular weight is 451 g/mol. The minimum absolute atomic E-state index is 0.0741. The molecule has 1 aliphatic heterocycles. The molecule has 1 fully saturated rings. The van der Waals surface area contributed by atoms with Crippen LogP contribution in [0.3, 0.4) is 0 Å². The number of amides is 3. The summed E-state index contributed by atoms with van der Waals surface area (Å²) in [6, 6.07) is 16.3. The Bertz CT molecular complexity index is 1210. The van der Waals surface area contributed by atoms with E-state index in [-0.39, 0.29) is 30.3 Å². The minimum atomic E-state index is -1.07. The van der Waals surface area contributed by atoms with Gasteiger partial charge in [0, 0.05) is 50.3 Å². The monoisotopic (exact) mass is 451 g/mol. The molecule has 0 radical (unpaired) electrons. The molecule has 33 heavy (non-hydrogen) atoms. The van der Waals surface area contributed by atoms with E-state index in [0.29, 0.717) is 31.7 Å². The van der Waals surface area contributed by atoms with Crippen molar-refractivity contribution in [2.45, 2.75) is 6.42 Å². The van der Waals surface area contributed by atoms with Crippen molar-refractivity contribution in [1.29, 1.82) is 0 Å². The van der Waals surface area contributed by atoms with Crippen molar-refractivity contribution in [2.75, 3.05) is 32.7 Å². The van der Waals surface area contributed by atoms with Crippen molar-refractivity contribution in [3.63, 3.8) is 0 Å². The zero-order valence-corrected chi connectivity index (χ0v) is 17.9. The smallest absolute Gasteiger partial charge is 0.254 e. The summed E-state index contributed by atoms with van der Waals surface area (Å²) in [5.41, 5.74) is 0.607. The second-order valence-corrected chi connectivity index (χ2v) is 7.87. The van der Waals surface area contributed by atoms with Gasteiger partial charge in [0.2, 0.25) is 5.91 Å². The van der Waals surface area contributed by atoms with Crippen LogP contribution in [0.25, 0.3) is 10.8 Å². The molecule has 1 aliphatic rings. The fraction of sp³-hybridized carbons (Fsp3) is 0.240. The van der Waals surface area contributed by atoms with E-state index in [1.807, 2.05) is 36.4 Å². The van der Waals surface area contributed by atoms with Crippen LogP contribution in [0.15, 0.2) is 60.7 Å². The highest BCUT2D eigenvalue weighted by atomic mass is 19.2. The molecule has 1 N–H and O–H groups in total.